The number of aliphatic carboxylic acids is 1. The lowest BCUT2D eigenvalue weighted by Crippen LogP contribution is -2.65. The third-order valence-corrected chi connectivity index (χ3v) is 3.27. The van der Waals surface area contributed by atoms with Crippen LogP contribution in [0.3, 0.4) is 0 Å². The molecule has 2 heterocycles. The molecule has 0 saturated carbocycles. The number of rotatable bonds is 6. The van der Waals surface area contributed by atoms with E-state index in [9.17, 15) is 9.59 Å². The molecule has 0 aromatic carbocycles. The van der Waals surface area contributed by atoms with Crippen molar-refractivity contribution in [3.05, 3.63) is 18.5 Å². The highest BCUT2D eigenvalue weighted by atomic mass is 16.5. The predicted octanol–water partition coefficient (Wildman–Crippen LogP) is 0.157. The molecule has 1 aromatic rings. The van der Waals surface area contributed by atoms with E-state index in [4.69, 9.17) is 9.84 Å². The number of carboxylic acids is 1. The van der Waals surface area contributed by atoms with Gasteiger partial charge in [0.1, 0.15) is 12.2 Å². The van der Waals surface area contributed by atoms with Gasteiger partial charge in [-0.25, -0.2) is 9.59 Å². The zero-order valence-electron chi connectivity index (χ0n) is 12.2. The van der Waals surface area contributed by atoms with Gasteiger partial charge in [-0.2, -0.15) is 5.10 Å². The van der Waals surface area contributed by atoms with E-state index in [1.54, 1.807) is 22.7 Å². The molecule has 1 unspecified atom stereocenters. The molecule has 1 atom stereocenters. The third kappa shape index (κ3) is 4.19. The average molecular weight is 296 g/mol. The molecule has 2 rings (SSSR count). The number of urea groups is 1. The van der Waals surface area contributed by atoms with E-state index < -0.39 is 11.6 Å². The molecular weight excluding hydrogens is 276 g/mol. The summed E-state index contributed by atoms with van der Waals surface area (Å²) in [6.07, 6.45) is 3.53. The summed E-state index contributed by atoms with van der Waals surface area (Å²) in [5, 5.41) is 15.5. The minimum atomic E-state index is -1.01. The zero-order chi connectivity index (χ0) is 15.5. The first-order valence-electron chi connectivity index (χ1n) is 6.76. The Balaban J connectivity index is 1.72. The van der Waals surface area contributed by atoms with E-state index >= 15 is 0 Å². The van der Waals surface area contributed by atoms with Crippen molar-refractivity contribution in [2.24, 2.45) is 0 Å². The van der Waals surface area contributed by atoms with Gasteiger partial charge < -0.3 is 20.1 Å². The van der Waals surface area contributed by atoms with Gasteiger partial charge in [0.15, 0.2) is 0 Å². The summed E-state index contributed by atoms with van der Waals surface area (Å²) >= 11 is 0. The summed E-state index contributed by atoms with van der Waals surface area (Å²) in [5.74, 6) is -1.01. The number of ether oxygens (including phenoxy) is 1. The summed E-state index contributed by atoms with van der Waals surface area (Å²) in [4.78, 5) is 24.1. The number of nitrogens with one attached hydrogen (secondary N) is 1. The van der Waals surface area contributed by atoms with E-state index in [0.29, 0.717) is 19.6 Å². The fraction of sp³-hybridized carbons (Fsp3) is 0.615. The van der Waals surface area contributed by atoms with Gasteiger partial charge in [-0.05, 0) is 19.9 Å². The van der Waals surface area contributed by atoms with Crippen LogP contribution in [-0.2, 0) is 16.1 Å². The van der Waals surface area contributed by atoms with Crippen LogP contribution in [0.5, 0.6) is 0 Å². The summed E-state index contributed by atoms with van der Waals surface area (Å²) in [6, 6.07) is 1.60. The Morgan fingerprint density at radius 2 is 2.24 bits per heavy atom. The number of nitrogens with zero attached hydrogens (tertiary/aromatic N) is 3. The predicted molar refractivity (Wildman–Crippen MR) is 73.8 cm³/mol. The number of hydrogen-bond acceptors (Lipinski definition) is 4. The van der Waals surface area contributed by atoms with Crippen molar-refractivity contribution in [3.8, 4) is 0 Å². The van der Waals surface area contributed by atoms with Crippen LogP contribution in [0, 0.1) is 0 Å². The Kier molecular flexibility index (Phi) is 4.46. The number of amides is 2. The molecular formula is C13H20N4O4. The summed E-state index contributed by atoms with van der Waals surface area (Å²) in [6.45, 7) is 4.73. The second kappa shape index (κ2) is 6.13. The van der Waals surface area contributed by atoms with E-state index in [2.05, 4.69) is 10.4 Å². The van der Waals surface area contributed by atoms with Crippen molar-refractivity contribution in [2.75, 3.05) is 19.7 Å². The fourth-order valence-electron chi connectivity index (χ4n) is 2.27. The Hall–Kier alpha value is -2.09. The highest BCUT2D eigenvalue weighted by Gasteiger charge is 2.42. The molecule has 0 spiro atoms. The van der Waals surface area contributed by atoms with Gasteiger partial charge in [0, 0.05) is 18.4 Å². The molecule has 1 fully saturated rings. The van der Waals surface area contributed by atoms with Crippen molar-refractivity contribution in [1.29, 1.82) is 0 Å². The highest BCUT2D eigenvalue weighted by molar-refractivity contribution is 5.75. The topological polar surface area (TPSA) is 96.7 Å². The molecule has 2 amide bonds. The molecule has 8 nitrogen and oxygen atoms in total. The quantitative estimate of drug-likeness (QED) is 0.779. The molecule has 0 aliphatic carbocycles. The molecule has 1 saturated heterocycles. The number of carboxylic acid groups (broad SMARTS) is 1. The minimum absolute atomic E-state index is 0.0517. The van der Waals surface area contributed by atoms with Crippen molar-refractivity contribution >= 4 is 12.0 Å². The van der Waals surface area contributed by atoms with Crippen molar-refractivity contribution in [2.45, 2.75) is 32.0 Å². The lowest BCUT2D eigenvalue weighted by molar-refractivity contribution is -0.159. The van der Waals surface area contributed by atoms with Crippen LogP contribution in [0.15, 0.2) is 18.5 Å². The zero-order valence-corrected chi connectivity index (χ0v) is 12.2. The van der Waals surface area contributed by atoms with Gasteiger partial charge in [0.2, 0.25) is 0 Å². The van der Waals surface area contributed by atoms with Crippen molar-refractivity contribution < 1.29 is 19.4 Å². The Bertz CT molecular complexity index is 496. The van der Waals surface area contributed by atoms with Crippen molar-refractivity contribution in [3.63, 3.8) is 0 Å². The Labute approximate surface area is 122 Å². The summed E-state index contributed by atoms with van der Waals surface area (Å²) in [7, 11) is 0. The van der Waals surface area contributed by atoms with Crippen LogP contribution >= 0.6 is 0 Å². The second-order valence-corrected chi connectivity index (χ2v) is 5.57. The third-order valence-electron chi connectivity index (χ3n) is 3.27. The standard InChI is InChI=1S/C13H20N4O4/c1-10(6-17-5-3-4-14-17)15-12(20)16-8-13(2,9-16)21-7-11(18)19/h3-5,10H,6-9H2,1-2H3,(H,15,20)(H,18,19). The number of aromatic nitrogens is 2. The van der Waals surface area contributed by atoms with Crippen LogP contribution in [0.25, 0.3) is 0 Å². The SMILES string of the molecule is CC(Cn1cccn1)NC(=O)N1CC(C)(OCC(=O)O)C1. The van der Waals surface area contributed by atoms with Gasteiger partial charge in [0.05, 0.1) is 19.6 Å². The van der Waals surface area contributed by atoms with Gasteiger partial charge in [-0.3, -0.25) is 4.68 Å². The first-order chi connectivity index (χ1) is 9.88. The van der Waals surface area contributed by atoms with E-state index in [1.165, 1.54) is 0 Å². The smallest absolute Gasteiger partial charge is 0.329 e. The highest BCUT2D eigenvalue weighted by Crippen LogP contribution is 2.24. The van der Waals surface area contributed by atoms with Crippen LogP contribution in [0.2, 0.25) is 0 Å². The van der Waals surface area contributed by atoms with Gasteiger partial charge in [0.25, 0.3) is 0 Å². The number of likely N-dealkylation sites (tertiary alicyclic amines) is 1. The molecule has 21 heavy (non-hydrogen) atoms. The fourth-order valence-corrected chi connectivity index (χ4v) is 2.27. The Morgan fingerprint density at radius 3 is 2.81 bits per heavy atom. The first kappa shape index (κ1) is 15.3. The van der Waals surface area contributed by atoms with Crippen LogP contribution < -0.4 is 5.32 Å². The Morgan fingerprint density at radius 1 is 1.52 bits per heavy atom. The van der Waals surface area contributed by atoms with Crippen molar-refractivity contribution in [1.82, 2.24) is 20.0 Å². The minimum Gasteiger partial charge on any atom is -0.480 e. The van der Waals surface area contributed by atoms with E-state index in [-0.39, 0.29) is 18.7 Å². The lowest BCUT2D eigenvalue weighted by Gasteiger charge is -2.47. The molecule has 0 radical (unpaired) electrons. The maximum Gasteiger partial charge on any atom is 0.329 e. The van der Waals surface area contributed by atoms with Gasteiger partial charge in [-0.15, -0.1) is 0 Å². The number of hydrogen-bond donors (Lipinski definition) is 2. The number of carbonyl (C=O) groups is 2. The molecule has 8 heteroatoms. The first-order valence-corrected chi connectivity index (χ1v) is 6.76. The van der Waals surface area contributed by atoms with Crippen LogP contribution in [0.1, 0.15) is 13.8 Å². The lowest BCUT2D eigenvalue weighted by atomic mass is 9.97. The maximum absolute atomic E-state index is 12.0. The van der Waals surface area contributed by atoms with E-state index in [1.807, 2.05) is 19.2 Å². The average Bonchev–Trinajstić information content (AvgIpc) is 2.85. The molecule has 1 aromatic heterocycles. The summed E-state index contributed by atoms with van der Waals surface area (Å²) < 4.78 is 7.01. The van der Waals surface area contributed by atoms with Crippen LogP contribution in [-0.4, -0.2) is 63.1 Å². The molecule has 1 aliphatic rings. The summed E-state index contributed by atoms with van der Waals surface area (Å²) in [5.41, 5.74) is -0.569. The van der Waals surface area contributed by atoms with Gasteiger partial charge in [-0.1, -0.05) is 0 Å². The normalized spacial score (nSPS) is 17.9. The van der Waals surface area contributed by atoms with E-state index in [0.717, 1.165) is 0 Å². The molecule has 2 N–H and O–H groups in total. The molecule has 1 aliphatic heterocycles. The number of carbonyl (C=O) groups excluding carboxylic acids is 1. The van der Waals surface area contributed by atoms with Gasteiger partial charge >= 0.3 is 12.0 Å². The maximum atomic E-state index is 12.0. The largest absolute Gasteiger partial charge is 0.480 e. The monoisotopic (exact) mass is 296 g/mol. The van der Waals surface area contributed by atoms with Crippen LogP contribution in [0.4, 0.5) is 4.79 Å². The second-order valence-electron chi connectivity index (χ2n) is 5.57. The molecule has 116 valence electrons. The molecule has 0 bridgehead atoms.